The highest BCUT2D eigenvalue weighted by Gasteiger charge is 2.35. The van der Waals surface area contributed by atoms with Crippen LogP contribution in [-0.4, -0.2) is 31.1 Å². The molecule has 0 radical (unpaired) electrons. The summed E-state index contributed by atoms with van der Waals surface area (Å²) >= 11 is 0. The van der Waals surface area contributed by atoms with Crippen molar-refractivity contribution in [1.29, 1.82) is 5.26 Å². The van der Waals surface area contributed by atoms with E-state index in [1.165, 1.54) is 0 Å². The second-order valence-corrected chi connectivity index (χ2v) is 6.28. The van der Waals surface area contributed by atoms with Crippen LogP contribution < -0.4 is 5.32 Å². The van der Waals surface area contributed by atoms with E-state index in [0.29, 0.717) is 41.9 Å². The Labute approximate surface area is 154 Å². The van der Waals surface area contributed by atoms with E-state index in [-0.39, 0.29) is 5.57 Å². The van der Waals surface area contributed by atoms with Crippen LogP contribution in [0.5, 0.6) is 0 Å². The number of nitriles is 1. The number of aryl methyl sites for hydroxylation is 2. The first-order valence-electron chi connectivity index (χ1n) is 8.51. The number of rotatable bonds is 5. The molecule has 4 heterocycles. The number of carbonyl (C=O) groups is 2. The molecule has 0 aromatic carbocycles. The van der Waals surface area contributed by atoms with Crippen molar-refractivity contribution in [3.8, 4) is 6.07 Å². The van der Waals surface area contributed by atoms with Gasteiger partial charge < -0.3 is 4.57 Å². The molecule has 3 aromatic rings. The molecular formula is C19H16N6O2. The van der Waals surface area contributed by atoms with Crippen molar-refractivity contribution in [2.45, 2.75) is 19.4 Å². The smallest absolute Gasteiger partial charge is 0.261 e. The summed E-state index contributed by atoms with van der Waals surface area (Å²) in [6, 6.07) is 7.50. The van der Waals surface area contributed by atoms with Crippen molar-refractivity contribution in [3.63, 3.8) is 0 Å². The number of imide groups is 1. The maximum Gasteiger partial charge on any atom is 0.261 e. The molecule has 0 saturated carbocycles. The molecule has 8 heteroatoms. The zero-order chi connectivity index (χ0) is 19.0. The molecule has 8 nitrogen and oxygen atoms in total. The topological polar surface area (TPSA) is 106 Å². The lowest BCUT2D eigenvalue weighted by Gasteiger charge is -2.01. The second kappa shape index (κ2) is 6.53. The fourth-order valence-corrected chi connectivity index (χ4v) is 3.33. The monoisotopic (exact) mass is 360 g/mol. The number of unbranched alkanes of at least 4 members (excludes halogenated alkanes) is 1. The Morgan fingerprint density at radius 1 is 1.22 bits per heavy atom. The first-order valence-corrected chi connectivity index (χ1v) is 8.51. The fraction of sp³-hybridized carbons (Fsp3) is 0.211. The number of nitrogens with zero attached hydrogens (tertiary/aromatic N) is 5. The van der Waals surface area contributed by atoms with Crippen LogP contribution >= 0.6 is 0 Å². The molecule has 2 amide bonds. The van der Waals surface area contributed by atoms with E-state index in [0.717, 1.165) is 5.39 Å². The van der Waals surface area contributed by atoms with Crippen LogP contribution in [0.2, 0.25) is 0 Å². The molecule has 27 heavy (non-hydrogen) atoms. The summed E-state index contributed by atoms with van der Waals surface area (Å²) in [5, 5.41) is 16.2. The molecule has 1 N–H and O–H groups in total. The lowest BCUT2D eigenvalue weighted by Crippen LogP contribution is -2.22. The van der Waals surface area contributed by atoms with Gasteiger partial charge in [0.05, 0.1) is 22.9 Å². The standard InChI is InChI=1S/C19H16N6O2/c1-24-10-6-14(23-24)16-15(18(26)22-19(16)27)13-11-25(9-3-2-7-20)17-12(13)5-4-8-21-17/h4-6,8,10-11H,2-3,9H2,1H3,(H,22,26,27). The van der Waals surface area contributed by atoms with Gasteiger partial charge in [0.2, 0.25) is 0 Å². The molecule has 4 rings (SSSR count). The highest BCUT2D eigenvalue weighted by Crippen LogP contribution is 2.35. The number of aromatic nitrogens is 4. The molecule has 0 bridgehead atoms. The molecule has 3 aromatic heterocycles. The van der Waals surface area contributed by atoms with Crippen molar-refractivity contribution in [2.24, 2.45) is 7.05 Å². The summed E-state index contributed by atoms with van der Waals surface area (Å²) in [4.78, 5) is 29.4. The molecule has 0 atom stereocenters. The fourth-order valence-electron chi connectivity index (χ4n) is 3.33. The third-order valence-electron chi connectivity index (χ3n) is 4.49. The maximum atomic E-state index is 12.6. The average Bonchev–Trinajstić information content (AvgIpc) is 3.31. The van der Waals surface area contributed by atoms with Crippen molar-refractivity contribution >= 4 is 34.0 Å². The van der Waals surface area contributed by atoms with Crippen LogP contribution in [0.25, 0.3) is 22.2 Å². The number of pyridine rings is 1. The minimum atomic E-state index is -0.456. The Bertz CT molecular complexity index is 1140. The number of hydrogen-bond donors (Lipinski definition) is 1. The molecule has 1 aliphatic rings. The first kappa shape index (κ1) is 16.7. The Hall–Kier alpha value is -3.73. The minimum Gasteiger partial charge on any atom is -0.332 e. The lowest BCUT2D eigenvalue weighted by atomic mass is 10.00. The molecule has 1 aliphatic heterocycles. The van der Waals surface area contributed by atoms with Gasteiger partial charge in [-0.2, -0.15) is 10.4 Å². The van der Waals surface area contributed by atoms with E-state index in [4.69, 9.17) is 5.26 Å². The molecule has 0 spiro atoms. The Balaban J connectivity index is 1.92. The number of carbonyl (C=O) groups excluding carboxylic acids is 2. The zero-order valence-corrected chi connectivity index (χ0v) is 14.6. The Morgan fingerprint density at radius 3 is 2.78 bits per heavy atom. The second-order valence-electron chi connectivity index (χ2n) is 6.28. The molecule has 0 saturated heterocycles. The predicted octanol–water partition coefficient (Wildman–Crippen LogP) is 1.64. The van der Waals surface area contributed by atoms with Gasteiger partial charge in [0.25, 0.3) is 11.8 Å². The number of hydrogen-bond acceptors (Lipinski definition) is 5. The highest BCUT2D eigenvalue weighted by molar-refractivity contribution is 6.49. The van der Waals surface area contributed by atoms with Crippen molar-refractivity contribution in [2.75, 3.05) is 0 Å². The lowest BCUT2D eigenvalue weighted by molar-refractivity contribution is -0.122. The minimum absolute atomic E-state index is 0.264. The van der Waals surface area contributed by atoms with Gasteiger partial charge in [-0.15, -0.1) is 0 Å². The molecule has 134 valence electrons. The van der Waals surface area contributed by atoms with Gasteiger partial charge in [-0.05, 0) is 24.6 Å². The summed E-state index contributed by atoms with van der Waals surface area (Å²) in [5.41, 5.74) is 2.37. The van der Waals surface area contributed by atoms with Gasteiger partial charge in [-0.3, -0.25) is 19.6 Å². The van der Waals surface area contributed by atoms with E-state index in [9.17, 15) is 9.59 Å². The van der Waals surface area contributed by atoms with Gasteiger partial charge in [-0.1, -0.05) is 0 Å². The Morgan fingerprint density at radius 2 is 2.04 bits per heavy atom. The third-order valence-corrected chi connectivity index (χ3v) is 4.49. The maximum absolute atomic E-state index is 12.6. The van der Waals surface area contributed by atoms with E-state index in [2.05, 4.69) is 21.5 Å². The van der Waals surface area contributed by atoms with Crippen LogP contribution in [0.15, 0.2) is 36.8 Å². The normalized spacial score (nSPS) is 14.1. The van der Waals surface area contributed by atoms with Gasteiger partial charge in [-0.25, -0.2) is 4.98 Å². The number of nitrogens with one attached hydrogen (secondary N) is 1. The van der Waals surface area contributed by atoms with Gasteiger partial charge in [0, 0.05) is 49.6 Å². The average molecular weight is 360 g/mol. The van der Waals surface area contributed by atoms with Crippen molar-refractivity contribution in [1.82, 2.24) is 24.6 Å². The van der Waals surface area contributed by atoms with E-state index in [1.807, 2.05) is 16.8 Å². The summed E-state index contributed by atoms with van der Waals surface area (Å²) in [6.45, 7) is 0.600. The largest absolute Gasteiger partial charge is 0.332 e. The van der Waals surface area contributed by atoms with Crippen LogP contribution in [0.3, 0.4) is 0 Å². The van der Waals surface area contributed by atoms with E-state index < -0.39 is 11.8 Å². The van der Waals surface area contributed by atoms with Crippen LogP contribution in [0, 0.1) is 11.3 Å². The molecule has 0 aliphatic carbocycles. The molecule has 0 unspecified atom stereocenters. The van der Waals surface area contributed by atoms with Crippen molar-refractivity contribution < 1.29 is 9.59 Å². The van der Waals surface area contributed by atoms with Gasteiger partial charge in [0.15, 0.2) is 0 Å². The van der Waals surface area contributed by atoms with Crippen LogP contribution in [0.1, 0.15) is 24.1 Å². The van der Waals surface area contributed by atoms with Crippen molar-refractivity contribution in [3.05, 3.63) is 48.0 Å². The Kier molecular flexibility index (Phi) is 4.05. The predicted molar refractivity (Wildman–Crippen MR) is 97.8 cm³/mol. The van der Waals surface area contributed by atoms with E-state index >= 15 is 0 Å². The van der Waals surface area contributed by atoms with Crippen LogP contribution in [-0.2, 0) is 23.2 Å². The first-order chi connectivity index (χ1) is 13.1. The van der Waals surface area contributed by atoms with E-state index in [1.54, 1.807) is 36.3 Å². The quantitative estimate of drug-likeness (QED) is 0.550. The van der Waals surface area contributed by atoms with Crippen LogP contribution in [0.4, 0.5) is 0 Å². The highest BCUT2D eigenvalue weighted by atomic mass is 16.2. The summed E-state index contributed by atoms with van der Waals surface area (Å²) in [6.07, 6.45) is 6.34. The molecular weight excluding hydrogens is 344 g/mol. The summed E-state index contributed by atoms with van der Waals surface area (Å²) in [7, 11) is 1.75. The number of fused-ring (bicyclic) bond motifs is 1. The SMILES string of the molecule is Cn1ccc(C2=C(c3cn(CCCC#N)c4ncccc34)C(=O)NC2=O)n1. The summed E-state index contributed by atoms with van der Waals surface area (Å²) in [5.74, 6) is -0.899. The van der Waals surface area contributed by atoms with Gasteiger partial charge >= 0.3 is 0 Å². The summed E-state index contributed by atoms with van der Waals surface area (Å²) < 4.78 is 3.50. The molecule has 0 fully saturated rings. The third kappa shape index (κ3) is 2.79. The van der Waals surface area contributed by atoms with Gasteiger partial charge in [0.1, 0.15) is 5.65 Å². The number of amides is 2. The zero-order valence-electron chi connectivity index (χ0n) is 14.6.